The Labute approximate surface area is 153 Å². The maximum atomic E-state index is 11.6. The van der Waals surface area contributed by atoms with Gasteiger partial charge < -0.3 is 9.47 Å². The minimum Gasteiger partial charge on any atom is -0.434 e. The van der Waals surface area contributed by atoms with Crippen LogP contribution in [0.25, 0.3) is 0 Å². The summed E-state index contributed by atoms with van der Waals surface area (Å²) in [5.74, 6) is 0.818. The quantitative estimate of drug-likeness (QED) is 0.506. The van der Waals surface area contributed by atoms with Crippen LogP contribution >= 0.6 is 0 Å². The van der Waals surface area contributed by atoms with E-state index in [1.54, 1.807) is 6.92 Å². The second-order valence-electron chi connectivity index (χ2n) is 5.93. The second kappa shape index (κ2) is 10.1. The van der Waals surface area contributed by atoms with Crippen LogP contribution in [0.2, 0.25) is 0 Å². The number of rotatable bonds is 9. The molecule has 2 aromatic rings. The van der Waals surface area contributed by atoms with Crippen molar-refractivity contribution in [2.24, 2.45) is 0 Å². The van der Waals surface area contributed by atoms with Crippen LogP contribution in [0.5, 0.6) is 5.75 Å². The fraction of sp³-hybridized carbons (Fsp3) is 0.286. The van der Waals surface area contributed by atoms with Gasteiger partial charge in [0.15, 0.2) is 0 Å². The SMILES string of the molecule is C=[O+]c1ccc(CCOC(=O)OCCc2ccc(CC(C)=O)cc2)cc1. The van der Waals surface area contributed by atoms with Gasteiger partial charge in [0.1, 0.15) is 5.78 Å². The van der Waals surface area contributed by atoms with Crippen LogP contribution in [0.1, 0.15) is 23.6 Å². The summed E-state index contributed by atoms with van der Waals surface area (Å²) < 4.78 is 15.0. The van der Waals surface area contributed by atoms with Gasteiger partial charge in [0.25, 0.3) is 6.79 Å². The van der Waals surface area contributed by atoms with Crippen LogP contribution in [0, 0.1) is 0 Å². The summed E-state index contributed by atoms with van der Waals surface area (Å²) in [7, 11) is 0. The van der Waals surface area contributed by atoms with Crippen LogP contribution in [-0.4, -0.2) is 31.9 Å². The van der Waals surface area contributed by atoms with Crippen molar-refractivity contribution in [1.82, 2.24) is 0 Å². The first kappa shape index (κ1) is 19.4. The fourth-order valence-electron chi connectivity index (χ4n) is 2.41. The highest BCUT2D eigenvalue weighted by Gasteiger charge is 2.06. The third kappa shape index (κ3) is 6.89. The molecule has 136 valence electrons. The topological polar surface area (TPSA) is 63.9 Å². The average Bonchev–Trinajstić information content (AvgIpc) is 2.63. The number of ether oxygens (including phenoxy) is 2. The van der Waals surface area contributed by atoms with Gasteiger partial charge in [-0.05, 0) is 35.7 Å². The molecule has 5 heteroatoms. The minimum absolute atomic E-state index is 0.135. The van der Waals surface area contributed by atoms with Gasteiger partial charge in [-0.25, -0.2) is 9.22 Å². The van der Waals surface area contributed by atoms with Crippen molar-refractivity contribution in [1.29, 1.82) is 0 Å². The van der Waals surface area contributed by atoms with E-state index in [1.807, 2.05) is 48.5 Å². The Kier molecular flexibility index (Phi) is 7.55. The van der Waals surface area contributed by atoms with Crippen molar-refractivity contribution >= 4 is 18.7 Å². The Balaban J connectivity index is 1.63. The first-order chi connectivity index (χ1) is 12.6. The molecule has 0 atom stereocenters. The summed E-state index contributed by atoms with van der Waals surface area (Å²) in [5, 5.41) is 0. The van der Waals surface area contributed by atoms with Gasteiger partial charge in [0, 0.05) is 31.4 Å². The third-order valence-corrected chi connectivity index (χ3v) is 3.79. The molecular formula is C21H23O5+. The summed E-state index contributed by atoms with van der Waals surface area (Å²) in [4.78, 5) is 22.7. The average molecular weight is 355 g/mol. The molecular weight excluding hydrogens is 332 g/mol. The van der Waals surface area contributed by atoms with Crippen LogP contribution < -0.4 is 0 Å². The van der Waals surface area contributed by atoms with Crippen LogP contribution in [0.4, 0.5) is 4.79 Å². The molecule has 0 bridgehead atoms. The van der Waals surface area contributed by atoms with Crippen LogP contribution in [0.15, 0.2) is 48.5 Å². The van der Waals surface area contributed by atoms with Gasteiger partial charge in [-0.1, -0.05) is 24.3 Å². The number of Topliss-reactive ketones (excluding diaryl/α,β-unsaturated/α-hetero) is 1. The lowest BCUT2D eigenvalue weighted by molar-refractivity contribution is -0.354. The number of hydrogen-bond donors (Lipinski definition) is 0. The lowest BCUT2D eigenvalue weighted by atomic mass is 10.1. The van der Waals surface area contributed by atoms with Crippen LogP contribution in [-0.2, 0) is 38.0 Å². The highest BCUT2D eigenvalue weighted by molar-refractivity contribution is 5.78. The molecule has 0 unspecified atom stereocenters. The van der Waals surface area contributed by atoms with E-state index in [0.717, 1.165) is 16.7 Å². The molecule has 0 amide bonds. The van der Waals surface area contributed by atoms with Gasteiger partial charge in [0.2, 0.25) is 0 Å². The van der Waals surface area contributed by atoms with Gasteiger partial charge in [-0.3, -0.25) is 4.79 Å². The molecule has 0 aromatic heterocycles. The molecule has 2 rings (SSSR count). The normalized spacial score (nSPS) is 10.2. The highest BCUT2D eigenvalue weighted by atomic mass is 16.7. The number of ketones is 1. The molecule has 0 N–H and O–H groups in total. The number of hydrogen-bond acceptors (Lipinski definition) is 4. The molecule has 0 saturated carbocycles. The molecule has 0 heterocycles. The first-order valence-electron chi connectivity index (χ1n) is 8.44. The summed E-state index contributed by atoms with van der Waals surface area (Å²) in [6.45, 7) is 5.41. The fourth-order valence-corrected chi connectivity index (χ4v) is 2.41. The summed E-state index contributed by atoms with van der Waals surface area (Å²) in [5.41, 5.74) is 3.05. The first-order valence-corrected chi connectivity index (χ1v) is 8.44. The molecule has 0 saturated heterocycles. The Bertz CT molecular complexity index is 732. The molecule has 0 spiro atoms. The largest absolute Gasteiger partial charge is 0.508 e. The van der Waals surface area contributed by atoms with E-state index in [4.69, 9.17) is 13.9 Å². The number of benzene rings is 2. The molecule has 5 nitrogen and oxygen atoms in total. The zero-order valence-corrected chi connectivity index (χ0v) is 14.9. The molecule has 0 radical (unpaired) electrons. The molecule has 0 aliphatic carbocycles. The van der Waals surface area contributed by atoms with Gasteiger partial charge in [0.05, 0.1) is 13.2 Å². The van der Waals surface area contributed by atoms with Crippen molar-refractivity contribution < 1.29 is 23.5 Å². The highest BCUT2D eigenvalue weighted by Crippen LogP contribution is 2.12. The smallest absolute Gasteiger partial charge is 0.434 e. The van der Waals surface area contributed by atoms with E-state index in [1.165, 1.54) is 0 Å². The molecule has 0 aliphatic rings. The van der Waals surface area contributed by atoms with E-state index in [0.29, 0.717) is 25.0 Å². The standard InChI is InChI=1S/C21H23O5/c1-16(22)15-19-5-3-17(4-6-19)11-13-25-21(23)26-14-12-18-7-9-20(24-2)10-8-18/h3-10H,2,11-15H2,1H3/q+1. The maximum absolute atomic E-state index is 11.6. The lowest BCUT2D eigenvalue weighted by Gasteiger charge is -2.07. The summed E-state index contributed by atoms with van der Waals surface area (Å²) in [6, 6.07) is 15.1. The molecule has 26 heavy (non-hydrogen) atoms. The van der Waals surface area contributed by atoms with Crippen molar-refractivity contribution in [3.05, 3.63) is 65.2 Å². The summed E-state index contributed by atoms with van der Waals surface area (Å²) in [6.07, 6.45) is 0.969. The van der Waals surface area contributed by atoms with E-state index < -0.39 is 6.16 Å². The van der Waals surface area contributed by atoms with Crippen molar-refractivity contribution in [3.63, 3.8) is 0 Å². The van der Waals surface area contributed by atoms with Gasteiger partial charge in [-0.2, -0.15) is 0 Å². The monoisotopic (exact) mass is 355 g/mol. The lowest BCUT2D eigenvalue weighted by Crippen LogP contribution is -2.12. The predicted molar refractivity (Wildman–Crippen MR) is 98.5 cm³/mol. The van der Waals surface area contributed by atoms with Crippen molar-refractivity contribution in [2.75, 3.05) is 13.2 Å². The van der Waals surface area contributed by atoms with E-state index >= 15 is 0 Å². The summed E-state index contributed by atoms with van der Waals surface area (Å²) >= 11 is 0. The minimum atomic E-state index is -0.670. The molecule has 0 aliphatic heterocycles. The van der Waals surface area contributed by atoms with E-state index in [9.17, 15) is 9.59 Å². The van der Waals surface area contributed by atoms with Gasteiger partial charge >= 0.3 is 11.9 Å². The van der Waals surface area contributed by atoms with E-state index in [-0.39, 0.29) is 19.0 Å². The molecule has 2 aromatic carbocycles. The number of carbonyl (C=O) groups is 2. The van der Waals surface area contributed by atoms with E-state index in [2.05, 4.69) is 6.79 Å². The maximum Gasteiger partial charge on any atom is 0.508 e. The Morgan fingerprint density at radius 2 is 1.31 bits per heavy atom. The molecule has 0 fully saturated rings. The predicted octanol–water partition coefficient (Wildman–Crippen LogP) is 3.83. The Hall–Kier alpha value is -2.95. The zero-order chi connectivity index (χ0) is 18.8. The van der Waals surface area contributed by atoms with Crippen LogP contribution in [0.3, 0.4) is 0 Å². The Morgan fingerprint density at radius 1 is 0.846 bits per heavy atom. The van der Waals surface area contributed by atoms with Crippen molar-refractivity contribution in [3.8, 4) is 5.75 Å². The van der Waals surface area contributed by atoms with Crippen molar-refractivity contribution in [2.45, 2.75) is 26.2 Å². The van der Waals surface area contributed by atoms with Gasteiger partial charge in [-0.15, -0.1) is 0 Å². The second-order valence-corrected chi connectivity index (χ2v) is 5.93. The Morgan fingerprint density at radius 3 is 1.77 bits per heavy atom. The third-order valence-electron chi connectivity index (χ3n) is 3.79. The number of carbonyl (C=O) groups excluding carboxylic acids is 3. The zero-order valence-electron chi connectivity index (χ0n) is 14.9.